The quantitative estimate of drug-likeness (QED) is 0.288. The summed E-state index contributed by atoms with van der Waals surface area (Å²) in [5.74, 6) is 0.463. The summed E-state index contributed by atoms with van der Waals surface area (Å²) < 4.78 is 1.89. The van der Waals surface area contributed by atoms with Crippen LogP contribution in [0.3, 0.4) is 0 Å². The smallest absolute Gasteiger partial charge is 0.243 e. The molecule has 0 bridgehead atoms. The molecule has 1 unspecified atom stereocenters. The molecule has 2 amide bonds. The summed E-state index contributed by atoms with van der Waals surface area (Å²) >= 11 is 0. The number of fused-ring (bicyclic) bond motifs is 1. The number of hydrogen-bond donors (Lipinski definition) is 1. The number of amides is 2. The lowest BCUT2D eigenvalue weighted by Crippen LogP contribution is -2.35. The number of nitrogens with one attached hydrogen (secondary N) is 1. The highest BCUT2D eigenvalue weighted by Gasteiger charge is 2.21. The summed E-state index contributed by atoms with van der Waals surface area (Å²) in [6.45, 7) is 10.4. The molecular weight excluding hydrogens is 460 g/mol. The van der Waals surface area contributed by atoms with E-state index in [9.17, 15) is 9.59 Å². The van der Waals surface area contributed by atoms with Gasteiger partial charge in [-0.3, -0.25) is 9.59 Å². The SMILES string of the molecule is C=CCN(CC=C)C(=O)Cn1c(C(C)NC(=O)Cc2ccc(-c3ccccc3)cc2)nc2ccccc21. The van der Waals surface area contributed by atoms with Gasteiger partial charge in [0.15, 0.2) is 0 Å². The van der Waals surface area contributed by atoms with Gasteiger partial charge in [0.2, 0.25) is 11.8 Å². The number of nitrogens with zero attached hydrogens (tertiary/aromatic N) is 3. The molecule has 0 fully saturated rings. The van der Waals surface area contributed by atoms with Gasteiger partial charge >= 0.3 is 0 Å². The first-order valence-electron chi connectivity index (χ1n) is 12.4. The molecular formula is C31H32N4O2. The van der Waals surface area contributed by atoms with Crippen molar-refractivity contribution in [2.75, 3.05) is 13.1 Å². The Hall–Kier alpha value is -4.45. The van der Waals surface area contributed by atoms with Gasteiger partial charge in [-0.05, 0) is 35.7 Å². The molecule has 0 saturated carbocycles. The number of imidazole rings is 1. The molecule has 1 atom stereocenters. The zero-order chi connectivity index (χ0) is 26.2. The minimum Gasteiger partial charge on any atom is -0.346 e. The van der Waals surface area contributed by atoms with Crippen molar-refractivity contribution in [1.82, 2.24) is 19.8 Å². The minimum absolute atomic E-state index is 0.0683. The van der Waals surface area contributed by atoms with Crippen LogP contribution in [0.4, 0.5) is 0 Å². The van der Waals surface area contributed by atoms with Crippen molar-refractivity contribution >= 4 is 22.8 Å². The van der Waals surface area contributed by atoms with E-state index < -0.39 is 0 Å². The first-order valence-corrected chi connectivity index (χ1v) is 12.4. The molecule has 0 aliphatic rings. The zero-order valence-corrected chi connectivity index (χ0v) is 21.1. The van der Waals surface area contributed by atoms with Gasteiger partial charge in [0.05, 0.1) is 23.5 Å². The van der Waals surface area contributed by atoms with Crippen LogP contribution in [-0.2, 0) is 22.6 Å². The van der Waals surface area contributed by atoms with E-state index in [1.54, 1.807) is 17.1 Å². The number of carbonyl (C=O) groups excluding carboxylic acids is 2. The van der Waals surface area contributed by atoms with Crippen LogP contribution >= 0.6 is 0 Å². The van der Waals surface area contributed by atoms with Crippen LogP contribution in [0.1, 0.15) is 24.4 Å². The summed E-state index contributed by atoms with van der Waals surface area (Å²) in [6, 6.07) is 25.5. The van der Waals surface area contributed by atoms with E-state index in [1.807, 2.05) is 78.2 Å². The van der Waals surface area contributed by atoms with E-state index in [0.29, 0.717) is 18.9 Å². The highest BCUT2D eigenvalue weighted by molar-refractivity contribution is 5.82. The average Bonchev–Trinajstić information content (AvgIpc) is 3.28. The predicted molar refractivity (Wildman–Crippen MR) is 149 cm³/mol. The second kappa shape index (κ2) is 12.0. The topological polar surface area (TPSA) is 67.2 Å². The lowest BCUT2D eigenvalue weighted by Gasteiger charge is -2.22. The van der Waals surface area contributed by atoms with Crippen molar-refractivity contribution < 1.29 is 9.59 Å². The minimum atomic E-state index is -0.386. The van der Waals surface area contributed by atoms with Crippen molar-refractivity contribution in [1.29, 1.82) is 0 Å². The molecule has 1 aromatic heterocycles. The Balaban J connectivity index is 1.49. The highest BCUT2D eigenvalue weighted by Crippen LogP contribution is 2.22. The lowest BCUT2D eigenvalue weighted by molar-refractivity contribution is -0.130. The van der Waals surface area contributed by atoms with Crippen molar-refractivity contribution in [2.24, 2.45) is 0 Å². The maximum absolute atomic E-state index is 13.1. The third-order valence-corrected chi connectivity index (χ3v) is 6.22. The normalized spacial score (nSPS) is 11.6. The Morgan fingerprint density at radius 3 is 2.22 bits per heavy atom. The van der Waals surface area contributed by atoms with Gasteiger partial charge in [-0.1, -0.05) is 78.9 Å². The molecule has 6 heteroatoms. The Bertz CT molecular complexity index is 1380. The molecule has 0 aliphatic heterocycles. The van der Waals surface area contributed by atoms with Crippen LogP contribution in [-0.4, -0.2) is 39.4 Å². The second-order valence-electron chi connectivity index (χ2n) is 8.95. The summed E-state index contributed by atoms with van der Waals surface area (Å²) in [7, 11) is 0. The fraction of sp³-hybridized carbons (Fsp3) is 0.194. The van der Waals surface area contributed by atoms with Crippen LogP contribution in [0.5, 0.6) is 0 Å². The van der Waals surface area contributed by atoms with E-state index in [4.69, 9.17) is 4.98 Å². The lowest BCUT2D eigenvalue weighted by atomic mass is 10.0. The maximum atomic E-state index is 13.1. The molecule has 0 radical (unpaired) electrons. The fourth-order valence-corrected chi connectivity index (χ4v) is 4.40. The van der Waals surface area contributed by atoms with Gasteiger partial charge in [-0.15, -0.1) is 13.2 Å². The van der Waals surface area contributed by atoms with Gasteiger partial charge in [0, 0.05) is 13.1 Å². The third-order valence-electron chi connectivity index (χ3n) is 6.22. The van der Waals surface area contributed by atoms with E-state index in [-0.39, 0.29) is 30.8 Å². The number of rotatable bonds is 11. The average molecular weight is 493 g/mol. The van der Waals surface area contributed by atoms with Crippen LogP contribution in [0.25, 0.3) is 22.2 Å². The standard InChI is InChI=1S/C31H32N4O2/c1-4-19-34(20-5-2)30(37)22-35-28-14-10-9-13-27(28)33-31(35)23(3)32-29(36)21-24-15-17-26(18-16-24)25-11-7-6-8-12-25/h4-18,23H,1-2,19-22H2,3H3,(H,32,36). The second-order valence-corrected chi connectivity index (χ2v) is 8.95. The first kappa shape index (κ1) is 25.6. The molecule has 6 nitrogen and oxygen atoms in total. The molecule has 4 rings (SSSR count). The Labute approximate surface area is 217 Å². The van der Waals surface area contributed by atoms with Gasteiger partial charge in [0.1, 0.15) is 12.4 Å². The number of hydrogen-bond acceptors (Lipinski definition) is 3. The Morgan fingerprint density at radius 1 is 0.919 bits per heavy atom. The molecule has 0 spiro atoms. The monoisotopic (exact) mass is 492 g/mol. The molecule has 188 valence electrons. The van der Waals surface area contributed by atoms with E-state index in [0.717, 1.165) is 27.7 Å². The van der Waals surface area contributed by atoms with Gasteiger partial charge in [-0.25, -0.2) is 4.98 Å². The Morgan fingerprint density at radius 2 is 1.54 bits per heavy atom. The first-order chi connectivity index (χ1) is 18.0. The molecule has 1 N–H and O–H groups in total. The molecule has 0 saturated heterocycles. The Kier molecular flexibility index (Phi) is 8.31. The van der Waals surface area contributed by atoms with Crippen molar-refractivity contribution in [3.05, 3.63) is 116 Å². The van der Waals surface area contributed by atoms with Crippen LogP contribution in [0, 0.1) is 0 Å². The van der Waals surface area contributed by atoms with Crippen molar-refractivity contribution in [3.63, 3.8) is 0 Å². The molecule has 37 heavy (non-hydrogen) atoms. The van der Waals surface area contributed by atoms with Gasteiger partial charge < -0.3 is 14.8 Å². The zero-order valence-electron chi connectivity index (χ0n) is 21.1. The van der Waals surface area contributed by atoms with Crippen LogP contribution < -0.4 is 5.32 Å². The van der Waals surface area contributed by atoms with Crippen LogP contribution in [0.15, 0.2) is 104 Å². The largest absolute Gasteiger partial charge is 0.346 e. The fourth-order valence-electron chi connectivity index (χ4n) is 4.40. The molecule has 0 aliphatic carbocycles. The molecule has 4 aromatic rings. The highest BCUT2D eigenvalue weighted by atomic mass is 16.2. The summed E-state index contributed by atoms with van der Waals surface area (Å²) in [4.78, 5) is 32.5. The predicted octanol–water partition coefficient (Wildman–Crippen LogP) is 5.32. The molecule has 3 aromatic carbocycles. The van der Waals surface area contributed by atoms with Crippen molar-refractivity contribution in [2.45, 2.75) is 25.9 Å². The number of para-hydroxylation sites is 2. The number of aromatic nitrogens is 2. The summed E-state index contributed by atoms with van der Waals surface area (Å²) in [5, 5.41) is 3.07. The van der Waals surface area contributed by atoms with Gasteiger partial charge in [0.25, 0.3) is 0 Å². The maximum Gasteiger partial charge on any atom is 0.243 e. The molecule has 1 heterocycles. The summed E-state index contributed by atoms with van der Waals surface area (Å²) in [5.41, 5.74) is 4.80. The third kappa shape index (κ3) is 6.22. The number of benzene rings is 3. The van der Waals surface area contributed by atoms with E-state index >= 15 is 0 Å². The summed E-state index contributed by atoms with van der Waals surface area (Å²) in [6.07, 6.45) is 3.65. The van der Waals surface area contributed by atoms with E-state index in [2.05, 4.69) is 30.6 Å². The van der Waals surface area contributed by atoms with Gasteiger partial charge in [-0.2, -0.15) is 0 Å². The van der Waals surface area contributed by atoms with E-state index in [1.165, 1.54) is 0 Å². The van der Waals surface area contributed by atoms with Crippen LogP contribution in [0.2, 0.25) is 0 Å². The van der Waals surface area contributed by atoms with Crippen molar-refractivity contribution in [3.8, 4) is 11.1 Å². The number of carbonyl (C=O) groups is 2.